The molecule has 3 N–H and O–H groups in total. The van der Waals surface area contributed by atoms with Crippen LogP contribution in [0.1, 0.15) is 33.6 Å². The first kappa shape index (κ1) is 27.5. The molecule has 1 saturated heterocycles. The molecule has 4 aromatic carbocycles. The van der Waals surface area contributed by atoms with Crippen molar-refractivity contribution in [3.8, 4) is 5.69 Å². The molecule has 7 rings (SSSR count). The van der Waals surface area contributed by atoms with Crippen molar-refractivity contribution in [2.45, 2.75) is 18.9 Å². The van der Waals surface area contributed by atoms with Crippen molar-refractivity contribution in [2.75, 3.05) is 28.6 Å². The van der Waals surface area contributed by atoms with Gasteiger partial charge >= 0.3 is 0 Å². The summed E-state index contributed by atoms with van der Waals surface area (Å²) in [6.07, 6.45) is 5.30. The molecule has 8 nitrogen and oxygen atoms in total. The van der Waals surface area contributed by atoms with Gasteiger partial charge in [0.25, 0.3) is 11.8 Å². The van der Waals surface area contributed by atoms with E-state index in [1.165, 1.54) is 0 Å². The first-order valence-corrected chi connectivity index (χ1v) is 14.8. The molecule has 8 heteroatoms. The molecule has 0 atom stereocenters. The quantitative estimate of drug-likeness (QED) is 0.206. The molecule has 6 aromatic rings. The third-order valence-electron chi connectivity index (χ3n) is 8.46. The monoisotopic (exact) mass is 583 g/mol. The van der Waals surface area contributed by atoms with E-state index >= 15 is 0 Å². The molecule has 3 heterocycles. The summed E-state index contributed by atoms with van der Waals surface area (Å²) in [4.78, 5) is 28.1. The molecule has 2 amide bonds. The number of anilines is 3. The lowest BCUT2D eigenvalue weighted by molar-refractivity contribution is 0.101. The molecule has 1 aliphatic heterocycles. The van der Waals surface area contributed by atoms with E-state index in [-0.39, 0.29) is 17.9 Å². The lowest BCUT2D eigenvalue weighted by Crippen LogP contribution is -2.35. The third kappa shape index (κ3) is 5.43. The van der Waals surface area contributed by atoms with Crippen LogP contribution >= 0.6 is 0 Å². The number of carbonyl (C=O) groups is 2. The number of aryl methyl sites for hydroxylation is 1. The van der Waals surface area contributed by atoms with Crippen molar-refractivity contribution in [1.82, 2.24) is 9.13 Å². The minimum absolute atomic E-state index is 0.150. The van der Waals surface area contributed by atoms with E-state index in [0.29, 0.717) is 11.1 Å². The van der Waals surface area contributed by atoms with Crippen LogP contribution in [0.5, 0.6) is 0 Å². The van der Waals surface area contributed by atoms with Gasteiger partial charge in [-0.3, -0.25) is 9.59 Å². The Morgan fingerprint density at radius 3 is 2.02 bits per heavy atom. The Morgan fingerprint density at radius 2 is 1.25 bits per heavy atom. The van der Waals surface area contributed by atoms with Crippen LogP contribution in [0.4, 0.5) is 17.1 Å². The number of aliphatic hydroxyl groups excluding tert-OH is 1. The van der Waals surface area contributed by atoms with Crippen LogP contribution in [0.15, 0.2) is 109 Å². The predicted octanol–water partition coefficient (Wildman–Crippen LogP) is 6.59. The lowest BCUT2D eigenvalue weighted by atomic mass is 10.1. The van der Waals surface area contributed by atoms with Crippen LogP contribution in [0.25, 0.3) is 27.5 Å². The summed E-state index contributed by atoms with van der Waals surface area (Å²) >= 11 is 0. The first-order chi connectivity index (χ1) is 21.4. The van der Waals surface area contributed by atoms with Crippen LogP contribution in [0.3, 0.4) is 0 Å². The smallest absolute Gasteiger partial charge is 0.255 e. The van der Waals surface area contributed by atoms with Gasteiger partial charge in [-0.2, -0.15) is 0 Å². The predicted molar refractivity (Wildman–Crippen MR) is 176 cm³/mol. The van der Waals surface area contributed by atoms with Gasteiger partial charge in [-0.1, -0.05) is 0 Å². The van der Waals surface area contributed by atoms with Gasteiger partial charge in [0.1, 0.15) is 0 Å². The van der Waals surface area contributed by atoms with E-state index in [2.05, 4.69) is 20.1 Å². The number of carbonyl (C=O) groups excluding carboxylic acids is 2. The highest BCUT2D eigenvalue weighted by Crippen LogP contribution is 2.26. The maximum atomic E-state index is 13.0. The van der Waals surface area contributed by atoms with E-state index in [0.717, 1.165) is 70.5 Å². The van der Waals surface area contributed by atoms with E-state index in [9.17, 15) is 14.7 Å². The van der Waals surface area contributed by atoms with Crippen LogP contribution < -0.4 is 15.5 Å². The van der Waals surface area contributed by atoms with Crippen LogP contribution in [-0.2, 0) is 7.05 Å². The number of aliphatic hydroxyl groups is 1. The van der Waals surface area contributed by atoms with Crippen molar-refractivity contribution in [2.24, 2.45) is 7.05 Å². The maximum Gasteiger partial charge on any atom is 0.255 e. The largest absolute Gasteiger partial charge is 0.393 e. The SMILES string of the molecule is Cn1ccc2cc(C(=O)Nc3ccc(-n4ccc5cc(NC(=O)c6ccc(N7CCC(O)CC7)cc6)ccc54)cc3)ccc21. The standard InChI is InChI=1S/C36H33N5O3/c1-39-18-14-25-22-27(4-12-33(25)39)36(44)37-28-5-10-31(11-6-28)41-21-15-26-23-29(7-13-34(26)41)38-35(43)24-2-8-30(9-3-24)40-19-16-32(42)17-20-40/h2-15,18,21-23,32,42H,16-17,19-20H2,1H3,(H,37,44)(H,38,43). The number of fused-ring (bicyclic) bond motifs is 2. The Morgan fingerprint density at radius 1 is 0.659 bits per heavy atom. The zero-order valence-electron chi connectivity index (χ0n) is 24.4. The highest BCUT2D eigenvalue weighted by molar-refractivity contribution is 6.07. The second-order valence-corrected chi connectivity index (χ2v) is 11.4. The van der Waals surface area contributed by atoms with Crippen LogP contribution in [0, 0.1) is 0 Å². The number of nitrogens with zero attached hydrogens (tertiary/aromatic N) is 3. The molecule has 0 unspecified atom stereocenters. The van der Waals surface area contributed by atoms with E-state index in [1.54, 1.807) is 0 Å². The zero-order valence-corrected chi connectivity index (χ0v) is 24.4. The fourth-order valence-corrected chi connectivity index (χ4v) is 5.93. The molecule has 0 spiro atoms. The highest BCUT2D eigenvalue weighted by atomic mass is 16.3. The number of aromatic nitrogens is 2. The second kappa shape index (κ2) is 11.4. The van der Waals surface area contributed by atoms with Crippen molar-refractivity contribution in [1.29, 1.82) is 0 Å². The second-order valence-electron chi connectivity index (χ2n) is 11.4. The summed E-state index contributed by atoms with van der Waals surface area (Å²) in [5.74, 6) is -0.311. The summed E-state index contributed by atoms with van der Waals surface area (Å²) in [6.45, 7) is 1.64. The van der Waals surface area contributed by atoms with Crippen molar-refractivity contribution in [3.05, 3.63) is 121 Å². The lowest BCUT2D eigenvalue weighted by Gasteiger charge is -2.31. The molecular formula is C36H33N5O3. The molecule has 0 saturated carbocycles. The van der Waals surface area contributed by atoms with Gasteiger partial charge in [-0.05, 0) is 110 Å². The van der Waals surface area contributed by atoms with Gasteiger partial charge in [0.2, 0.25) is 0 Å². The first-order valence-electron chi connectivity index (χ1n) is 14.8. The van der Waals surface area contributed by atoms with Crippen molar-refractivity contribution in [3.63, 3.8) is 0 Å². The Balaban J connectivity index is 1.01. The van der Waals surface area contributed by atoms with Crippen molar-refractivity contribution < 1.29 is 14.7 Å². The Kier molecular flexibility index (Phi) is 7.12. The number of rotatable bonds is 6. The average molecular weight is 584 g/mol. The molecule has 1 aliphatic rings. The minimum Gasteiger partial charge on any atom is -0.393 e. The molecule has 44 heavy (non-hydrogen) atoms. The molecule has 220 valence electrons. The van der Waals surface area contributed by atoms with Crippen LogP contribution in [-0.4, -0.2) is 45.2 Å². The van der Waals surface area contributed by atoms with Crippen LogP contribution in [0.2, 0.25) is 0 Å². The molecule has 1 fully saturated rings. The number of piperidine rings is 1. The van der Waals surface area contributed by atoms with E-state index in [4.69, 9.17) is 0 Å². The normalized spacial score (nSPS) is 13.8. The van der Waals surface area contributed by atoms with Gasteiger partial charge in [0.15, 0.2) is 0 Å². The summed E-state index contributed by atoms with van der Waals surface area (Å²) in [5.41, 5.74) is 6.77. The number of nitrogens with one attached hydrogen (secondary N) is 2. The molecule has 0 radical (unpaired) electrons. The van der Waals surface area contributed by atoms with Gasteiger partial charge in [0, 0.05) is 82.7 Å². The Bertz CT molecular complexity index is 1980. The van der Waals surface area contributed by atoms with E-state index in [1.807, 2.05) is 121 Å². The van der Waals surface area contributed by atoms with E-state index < -0.39 is 0 Å². The summed E-state index contributed by atoms with van der Waals surface area (Å²) in [6, 6.07) is 31.0. The molecule has 0 bridgehead atoms. The Hall–Kier alpha value is -5.34. The average Bonchev–Trinajstić information content (AvgIpc) is 3.64. The van der Waals surface area contributed by atoms with Gasteiger partial charge in [-0.25, -0.2) is 0 Å². The third-order valence-corrected chi connectivity index (χ3v) is 8.46. The summed E-state index contributed by atoms with van der Waals surface area (Å²) in [7, 11) is 1.99. The topological polar surface area (TPSA) is 91.5 Å². The maximum absolute atomic E-state index is 13.0. The zero-order chi connectivity index (χ0) is 30.2. The highest BCUT2D eigenvalue weighted by Gasteiger charge is 2.18. The Labute approximate surface area is 255 Å². The van der Waals surface area contributed by atoms with Gasteiger partial charge in [0.05, 0.1) is 11.6 Å². The number of hydrogen-bond acceptors (Lipinski definition) is 4. The fourth-order valence-electron chi connectivity index (χ4n) is 5.93. The van der Waals surface area contributed by atoms with Gasteiger partial charge < -0.3 is 29.8 Å². The molecule has 2 aromatic heterocycles. The van der Waals surface area contributed by atoms with Crippen molar-refractivity contribution >= 4 is 50.7 Å². The minimum atomic E-state index is -0.215. The van der Waals surface area contributed by atoms with Gasteiger partial charge in [-0.15, -0.1) is 0 Å². The molecular weight excluding hydrogens is 550 g/mol. The number of amides is 2. The molecule has 0 aliphatic carbocycles. The number of hydrogen-bond donors (Lipinski definition) is 3. The summed E-state index contributed by atoms with van der Waals surface area (Å²) in [5, 5.41) is 17.8. The fraction of sp³-hybridized carbons (Fsp3) is 0.167. The number of benzene rings is 4. The summed E-state index contributed by atoms with van der Waals surface area (Å²) < 4.78 is 4.11.